The summed E-state index contributed by atoms with van der Waals surface area (Å²) in [6, 6.07) is 3.75. The smallest absolute Gasteiger partial charge is 0.313 e. The van der Waals surface area contributed by atoms with Gasteiger partial charge in [0, 0.05) is 11.1 Å². The number of ether oxygens (including phenoxy) is 3. The fraction of sp³-hybridized carbons (Fsp3) is 0.450. The number of rotatable bonds is 8. The molecule has 24 heavy (non-hydrogen) atoms. The van der Waals surface area contributed by atoms with Crippen LogP contribution < -0.4 is 9.47 Å². The molecule has 0 radical (unpaired) electrons. The lowest BCUT2D eigenvalue weighted by atomic mass is 9.87. The van der Waals surface area contributed by atoms with Crippen molar-refractivity contribution in [3.05, 3.63) is 47.6 Å². The Labute approximate surface area is 145 Å². The molecule has 0 bridgehead atoms. The largest absolute Gasteiger partial charge is 0.496 e. The van der Waals surface area contributed by atoms with Gasteiger partial charge in [-0.3, -0.25) is 4.79 Å². The number of carbonyl (C=O) groups excluding carboxylic acids is 1. The minimum absolute atomic E-state index is 0.220. The highest BCUT2D eigenvalue weighted by Gasteiger charge is 2.27. The maximum absolute atomic E-state index is 12.4. The molecule has 0 amide bonds. The first-order chi connectivity index (χ1) is 11.5. The molecule has 0 aliphatic rings. The lowest BCUT2D eigenvalue weighted by Gasteiger charge is -2.22. The van der Waals surface area contributed by atoms with Crippen molar-refractivity contribution in [3.8, 4) is 11.5 Å². The molecule has 0 spiro atoms. The Balaban J connectivity index is 3.22. The SMILES string of the molecule is C/C=C/C=C\[C@H](C)C[C@H](C(=O)OC)c1ccc(OC)c(C)c1OC. The number of allylic oxidation sites excluding steroid dienone is 4. The first-order valence-corrected chi connectivity index (χ1v) is 8.08. The molecule has 132 valence electrons. The van der Waals surface area contributed by atoms with Gasteiger partial charge in [-0.1, -0.05) is 37.3 Å². The zero-order chi connectivity index (χ0) is 18.1. The second kappa shape index (κ2) is 9.81. The van der Waals surface area contributed by atoms with Crippen molar-refractivity contribution in [3.63, 3.8) is 0 Å². The summed E-state index contributed by atoms with van der Waals surface area (Å²) in [7, 11) is 4.64. The second-order valence-corrected chi connectivity index (χ2v) is 5.71. The van der Waals surface area contributed by atoms with Gasteiger partial charge < -0.3 is 14.2 Å². The highest BCUT2D eigenvalue weighted by Crippen LogP contribution is 2.38. The Morgan fingerprint density at radius 2 is 1.88 bits per heavy atom. The molecule has 0 N–H and O–H groups in total. The van der Waals surface area contributed by atoms with Gasteiger partial charge in [0.1, 0.15) is 11.5 Å². The van der Waals surface area contributed by atoms with Gasteiger partial charge in [0.2, 0.25) is 0 Å². The van der Waals surface area contributed by atoms with Crippen LogP contribution in [0.3, 0.4) is 0 Å². The van der Waals surface area contributed by atoms with Gasteiger partial charge in [0.25, 0.3) is 0 Å². The van der Waals surface area contributed by atoms with E-state index in [2.05, 4.69) is 13.0 Å². The van der Waals surface area contributed by atoms with Crippen LogP contribution in [-0.2, 0) is 9.53 Å². The molecule has 1 aromatic rings. The molecule has 4 nitrogen and oxygen atoms in total. The summed E-state index contributed by atoms with van der Waals surface area (Å²) in [4.78, 5) is 12.4. The predicted molar refractivity (Wildman–Crippen MR) is 96.8 cm³/mol. The molecule has 1 aromatic carbocycles. The van der Waals surface area contributed by atoms with Crippen molar-refractivity contribution in [2.45, 2.75) is 33.1 Å². The average Bonchev–Trinajstić information content (AvgIpc) is 2.59. The summed E-state index contributed by atoms with van der Waals surface area (Å²) in [6.45, 7) is 5.97. The number of esters is 1. The molecule has 0 saturated heterocycles. The molecule has 0 saturated carbocycles. The second-order valence-electron chi connectivity index (χ2n) is 5.71. The van der Waals surface area contributed by atoms with Crippen LogP contribution in [0.4, 0.5) is 0 Å². The third-order valence-corrected chi connectivity index (χ3v) is 4.02. The molecular weight excluding hydrogens is 304 g/mol. The fourth-order valence-electron chi connectivity index (χ4n) is 2.77. The number of carbonyl (C=O) groups is 1. The van der Waals surface area contributed by atoms with Crippen molar-refractivity contribution in [1.29, 1.82) is 0 Å². The van der Waals surface area contributed by atoms with E-state index in [-0.39, 0.29) is 17.8 Å². The summed E-state index contributed by atoms with van der Waals surface area (Å²) < 4.78 is 15.9. The quantitative estimate of drug-likeness (QED) is 0.522. The van der Waals surface area contributed by atoms with Crippen molar-refractivity contribution in [2.75, 3.05) is 21.3 Å². The molecule has 0 heterocycles. The zero-order valence-corrected chi connectivity index (χ0v) is 15.5. The van der Waals surface area contributed by atoms with Gasteiger partial charge in [-0.15, -0.1) is 0 Å². The molecule has 0 aliphatic heterocycles. The molecule has 0 unspecified atom stereocenters. The first kappa shape index (κ1) is 19.8. The normalized spacial score (nSPS) is 13.9. The molecule has 0 aliphatic carbocycles. The molecule has 4 heteroatoms. The van der Waals surface area contributed by atoms with Crippen LogP contribution >= 0.6 is 0 Å². The highest BCUT2D eigenvalue weighted by atomic mass is 16.5. The summed E-state index contributed by atoms with van der Waals surface area (Å²) in [5.41, 5.74) is 1.71. The van der Waals surface area contributed by atoms with Crippen LogP contribution in [0.25, 0.3) is 0 Å². The standard InChI is InChI=1S/C20H28O4/c1-7-8-9-10-14(2)13-17(20(21)24-6)16-11-12-18(22-4)15(3)19(16)23-5/h7-12,14,17H,13H2,1-6H3/b8-7+,10-9-/t14-,17-/m0/s1. The van der Waals surface area contributed by atoms with Crippen molar-refractivity contribution < 1.29 is 19.0 Å². The summed E-state index contributed by atoms with van der Waals surface area (Å²) in [5, 5.41) is 0. The summed E-state index contributed by atoms with van der Waals surface area (Å²) in [6.07, 6.45) is 8.66. The van der Waals surface area contributed by atoms with Gasteiger partial charge in [-0.25, -0.2) is 0 Å². The van der Waals surface area contributed by atoms with Crippen LogP contribution in [0.2, 0.25) is 0 Å². The Hall–Kier alpha value is -2.23. The van der Waals surface area contributed by atoms with E-state index in [1.807, 2.05) is 44.2 Å². The Bertz CT molecular complexity index is 602. The van der Waals surface area contributed by atoms with E-state index in [9.17, 15) is 4.79 Å². The van der Waals surface area contributed by atoms with E-state index < -0.39 is 0 Å². The number of hydrogen-bond donors (Lipinski definition) is 0. The topological polar surface area (TPSA) is 44.8 Å². The Morgan fingerprint density at radius 3 is 2.42 bits per heavy atom. The number of hydrogen-bond acceptors (Lipinski definition) is 4. The molecule has 1 rings (SSSR count). The first-order valence-electron chi connectivity index (χ1n) is 8.08. The number of benzene rings is 1. The van der Waals surface area contributed by atoms with Gasteiger partial charge in [-0.2, -0.15) is 0 Å². The van der Waals surface area contributed by atoms with Crippen molar-refractivity contribution in [2.24, 2.45) is 5.92 Å². The molecular formula is C20H28O4. The van der Waals surface area contributed by atoms with E-state index >= 15 is 0 Å². The van der Waals surface area contributed by atoms with E-state index in [0.717, 1.165) is 16.9 Å². The van der Waals surface area contributed by atoms with Gasteiger partial charge in [-0.05, 0) is 32.3 Å². The highest BCUT2D eigenvalue weighted by molar-refractivity contribution is 5.79. The van der Waals surface area contributed by atoms with Crippen molar-refractivity contribution >= 4 is 5.97 Å². The molecule has 0 aromatic heterocycles. The van der Waals surface area contributed by atoms with E-state index in [1.54, 1.807) is 14.2 Å². The predicted octanol–water partition coefficient (Wildman–Crippen LogP) is 4.43. The lowest BCUT2D eigenvalue weighted by Crippen LogP contribution is -2.18. The van der Waals surface area contributed by atoms with Gasteiger partial charge in [0.15, 0.2) is 0 Å². The van der Waals surface area contributed by atoms with Gasteiger partial charge in [0.05, 0.1) is 27.2 Å². The van der Waals surface area contributed by atoms with Crippen LogP contribution in [0.5, 0.6) is 11.5 Å². The van der Waals surface area contributed by atoms with Crippen molar-refractivity contribution in [1.82, 2.24) is 0 Å². The van der Waals surface area contributed by atoms with E-state index in [0.29, 0.717) is 12.2 Å². The maximum atomic E-state index is 12.4. The van der Waals surface area contributed by atoms with Gasteiger partial charge >= 0.3 is 5.97 Å². The van der Waals surface area contributed by atoms with E-state index in [1.165, 1.54) is 7.11 Å². The third kappa shape index (κ3) is 4.88. The van der Waals surface area contributed by atoms with E-state index in [4.69, 9.17) is 14.2 Å². The fourth-order valence-corrected chi connectivity index (χ4v) is 2.77. The zero-order valence-electron chi connectivity index (χ0n) is 15.5. The lowest BCUT2D eigenvalue weighted by molar-refractivity contribution is -0.142. The minimum Gasteiger partial charge on any atom is -0.496 e. The molecule has 0 fully saturated rings. The summed E-state index contributed by atoms with van der Waals surface area (Å²) in [5.74, 6) is 0.982. The monoisotopic (exact) mass is 332 g/mol. The molecule has 2 atom stereocenters. The Kier molecular flexibility index (Phi) is 8.10. The Morgan fingerprint density at radius 1 is 1.17 bits per heavy atom. The van der Waals surface area contributed by atoms with Crippen LogP contribution in [0.1, 0.15) is 37.3 Å². The average molecular weight is 332 g/mol. The minimum atomic E-state index is -0.389. The summed E-state index contributed by atoms with van der Waals surface area (Å²) >= 11 is 0. The maximum Gasteiger partial charge on any atom is 0.313 e. The van der Waals surface area contributed by atoms with Crippen LogP contribution in [0, 0.1) is 12.8 Å². The van der Waals surface area contributed by atoms with Crippen LogP contribution in [-0.4, -0.2) is 27.3 Å². The number of methoxy groups -OCH3 is 3. The third-order valence-electron chi connectivity index (χ3n) is 4.02. The van der Waals surface area contributed by atoms with Crippen LogP contribution in [0.15, 0.2) is 36.4 Å².